The van der Waals surface area contributed by atoms with Crippen molar-refractivity contribution in [1.29, 1.82) is 0 Å². The molecule has 3 aromatic rings. The molecule has 0 radical (unpaired) electrons. The van der Waals surface area contributed by atoms with Crippen LogP contribution >= 0.6 is 0 Å². The topological polar surface area (TPSA) is 127 Å². The first kappa shape index (κ1) is 18.5. The molecule has 9 nitrogen and oxygen atoms in total. The summed E-state index contributed by atoms with van der Waals surface area (Å²) in [5, 5.41) is 14.5. The van der Waals surface area contributed by atoms with Crippen molar-refractivity contribution < 1.29 is 17.7 Å². The minimum absolute atomic E-state index is 0.0166. The van der Waals surface area contributed by atoms with E-state index in [2.05, 4.69) is 25.4 Å². The van der Waals surface area contributed by atoms with E-state index >= 15 is 0 Å². The fourth-order valence-corrected chi connectivity index (χ4v) is 3.76. The number of aryl methyl sites for hydroxylation is 2. The second-order valence-electron chi connectivity index (χ2n) is 5.82. The van der Waals surface area contributed by atoms with E-state index in [9.17, 15) is 13.2 Å². The van der Waals surface area contributed by atoms with Crippen LogP contribution in [0.3, 0.4) is 0 Å². The summed E-state index contributed by atoms with van der Waals surface area (Å²) in [4.78, 5) is 11.3. The molecule has 0 unspecified atom stereocenters. The summed E-state index contributed by atoms with van der Waals surface area (Å²) in [6, 6.07) is 9.94. The van der Waals surface area contributed by atoms with Crippen molar-refractivity contribution in [2.75, 3.05) is 10.0 Å². The van der Waals surface area contributed by atoms with Crippen LogP contribution in [0.15, 0.2) is 45.8 Å². The highest BCUT2D eigenvalue weighted by Crippen LogP contribution is 2.22. The lowest BCUT2D eigenvalue weighted by Gasteiger charge is -2.08. The van der Waals surface area contributed by atoms with Gasteiger partial charge in [0, 0.05) is 11.3 Å². The molecule has 0 atom stereocenters. The molecule has 27 heavy (non-hydrogen) atoms. The number of nitrogens with zero attached hydrogens (tertiary/aromatic N) is 3. The van der Waals surface area contributed by atoms with Gasteiger partial charge in [-0.1, -0.05) is 5.16 Å². The minimum atomic E-state index is -3.88. The van der Waals surface area contributed by atoms with Crippen molar-refractivity contribution in [2.45, 2.75) is 25.7 Å². The fourth-order valence-electron chi connectivity index (χ4n) is 2.44. The van der Waals surface area contributed by atoms with Gasteiger partial charge in [-0.05, 0) is 57.2 Å². The third kappa shape index (κ3) is 4.11. The van der Waals surface area contributed by atoms with Crippen LogP contribution < -0.4 is 10.0 Å². The van der Waals surface area contributed by atoms with Gasteiger partial charge in [0.2, 0.25) is 0 Å². The number of Topliss-reactive ketones (excluding diaryl/α,β-unsaturated/α-hetero) is 1. The summed E-state index contributed by atoms with van der Waals surface area (Å²) in [5.74, 6) is 0.662. The van der Waals surface area contributed by atoms with Crippen molar-refractivity contribution in [3.05, 3.63) is 53.4 Å². The molecule has 0 aliphatic carbocycles. The van der Waals surface area contributed by atoms with Gasteiger partial charge in [-0.2, -0.15) is 0 Å². The quantitative estimate of drug-likeness (QED) is 0.618. The van der Waals surface area contributed by atoms with Crippen molar-refractivity contribution in [1.82, 2.24) is 15.4 Å². The molecule has 0 bridgehead atoms. The number of sulfonamides is 1. The minimum Gasteiger partial charge on any atom is -0.360 e. The molecule has 3 rings (SSSR count). The SMILES string of the molecule is CC(=O)c1ccc(Nc2ccc(NS(=O)(=O)c3c(C)noc3C)nn2)cc1. The first-order valence-electron chi connectivity index (χ1n) is 7.94. The number of carbonyl (C=O) groups excluding carboxylic acids is 1. The number of hydrogen-bond acceptors (Lipinski definition) is 8. The van der Waals surface area contributed by atoms with Crippen molar-refractivity contribution >= 4 is 33.1 Å². The van der Waals surface area contributed by atoms with Gasteiger partial charge in [0.25, 0.3) is 10.0 Å². The van der Waals surface area contributed by atoms with Crippen LogP contribution in [0.5, 0.6) is 0 Å². The maximum absolute atomic E-state index is 12.4. The highest BCUT2D eigenvalue weighted by atomic mass is 32.2. The highest BCUT2D eigenvalue weighted by Gasteiger charge is 2.24. The van der Waals surface area contributed by atoms with Crippen LogP contribution in [-0.4, -0.2) is 29.6 Å². The molecule has 140 valence electrons. The Morgan fingerprint density at radius 1 is 1.00 bits per heavy atom. The Hall–Kier alpha value is -3.27. The van der Waals surface area contributed by atoms with Crippen LogP contribution in [0.2, 0.25) is 0 Å². The molecule has 2 heterocycles. The van der Waals surface area contributed by atoms with Crippen LogP contribution in [0.25, 0.3) is 0 Å². The van der Waals surface area contributed by atoms with Gasteiger partial charge in [0.15, 0.2) is 28.1 Å². The smallest absolute Gasteiger partial charge is 0.268 e. The zero-order chi connectivity index (χ0) is 19.6. The fraction of sp³-hybridized carbons (Fsp3) is 0.176. The standard InChI is InChI=1S/C17H17N5O4S/c1-10-17(12(3)26-21-10)27(24,25)22-16-9-8-15(19-20-16)18-14-6-4-13(5-7-14)11(2)23/h4-9H,1-3H3,(H,18,19)(H,20,22). The molecular weight excluding hydrogens is 370 g/mol. The monoisotopic (exact) mass is 387 g/mol. The van der Waals surface area contributed by atoms with Gasteiger partial charge >= 0.3 is 0 Å². The van der Waals surface area contributed by atoms with Crippen LogP contribution in [0.1, 0.15) is 28.7 Å². The van der Waals surface area contributed by atoms with E-state index in [4.69, 9.17) is 4.52 Å². The normalized spacial score (nSPS) is 11.2. The predicted molar refractivity (Wildman–Crippen MR) is 98.5 cm³/mol. The van der Waals surface area contributed by atoms with Crippen LogP contribution in [0.4, 0.5) is 17.3 Å². The van der Waals surface area contributed by atoms with Gasteiger partial charge < -0.3 is 9.84 Å². The van der Waals surface area contributed by atoms with E-state index in [1.807, 2.05) is 0 Å². The molecule has 0 saturated carbocycles. The van der Waals surface area contributed by atoms with Crippen molar-refractivity contribution in [3.8, 4) is 0 Å². The summed E-state index contributed by atoms with van der Waals surface area (Å²) in [6.45, 7) is 4.56. The van der Waals surface area contributed by atoms with E-state index < -0.39 is 10.0 Å². The summed E-state index contributed by atoms with van der Waals surface area (Å²) in [6.07, 6.45) is 0. The van der Waals surface area contributed by atoms with E-state index in [1.165, 1.54) is 19.9 Å². The predicted octanol–water partition coefficient (Wildman–Crippen LogP) is 2.83. The van der Waals surface area contributed by atoms with Gasteiger partial charge in [0.05, 0.1) is 0 Å². The van der Waals surface area contributed by atoms with E-state index in [-0.39, 0.29) is 28.0 Å². The number of aromatic nitrogens is 3. The molecule has 0 fully saturated rings. The first-order chi connectivity index (χ1) is 12.8. The molecule has 10 heteroatoms. The Morgan fingerprint density at radius 2 is 1.63 bits per heavy atom. The van der Waals surface area contributed by atoms with E-state index in [1.54, 1.807) is 37.3 Å². The zero-order valence-corrected chi connectivity index (χ0v) is 15.7. The summed E-state index contributed by atoms with van der Waals surface area (Å²) in [5.41, 5.74) is 1.59. The first-order valence-corrected chi connectivity index (χ1v) is 9.42. The maximum Gasteiger partial charge on any atom is 0.268 e. The lowest BCUT2D eigenvalue weighted by molar-refractivity contribution is 0.101. The lowest BCUT2D eigenvalue weighted by Crippen LogP contribution is -2.15. The Morgan fingerprint density at radius 3 is 2.15 bits per heavy atom. The second-order valence-corrected chi connectivity index (χ2v) is 7.44. The average molecular weight is 387 g/mol. The Bertz CT molecular complexity index is 1050. The Balaban J connectivity index is 1.73. The molecule has 0 aliphatic rings. The number of anilines is 3. The zero-order valence-electron chi connectivity index (χ0n) is 14.8. The number of hydrogen-bond donors (Lipinski definition) is 2. The average Bonchev–Trinajstić information content (AvgIpc) is 2.96. The third-order valence-electron chi connectivity index (χ3n) is 3.70. The summed E-state index contributed by atoms with van der Waals surface area (Å²) in [7, 11) is -3.88. The van der Waals surface area contributed by atoms with Crippen LogP contribution in [-0.2, 0) is 10.0 Å². The summed E-state index contributed by atoms with van der Waals surface area (Å²) >= 11 is 0. The Kier molecular flexibility index (Phi) is 4.91. The van der Waals surface area contributed by atoms with Gasteiger partial charge in [-0.3, -0.25) is 9.52 Å². The lowest BCUT2D eigenvalue weighted by atomic mass is 10.1. The molecule has 0 spiro atoms. The Labute approximate surface area is 155 Å². The maximum atomic E-state index is 12.4. The number of ketones is 1. The third-order valence-corrected chi connectivity index (χ3v) is 5.30. The highest BCUT2D eigenvalue weighted by molar-refractivity contribution is 7.92. The largest absolute Gasteiger partial charge is 0.360 e. The second kappa shape index (κ2) is 7.16. The molecule has 0 aliphatic heterocycles. The van der Waals surface area contributed by atoms with Gasteiger partial charge in [-0.15, -0.1) is 10.2 Å². The van der Waals surface area contributed by atoms with Crippen LogP contribution in [0, 0.1) is 13.8 Å². The van der Waals surface area contributed by atoms with Crippen molar-refractivity contribution in [3.63, 3.8) is 0 Å². The number of carbonyl (C=O) groups is 1. The number of benzene rings is 1. The number of nitrogens with one attached hydrogen (secondary N) is 2. The van der Waals surface area contributed by atoms with E-state index in [0.29, 0.717) is 11.4 Å². The molecule has 1 aromatic carbocycles. The van der Waals surface area contributed by atoms with Gasteiger partial charge in [0.1, 0.15) is 5.69 Å². The molecule has 0 amide bonds. The van der Waals surface area contributed by atoms with E-state index in [0.717, 1.165) is 5.69 Å². The number of rotatable bonds is 6. The molecule has 2 aromatic heterocycles. The van der Waals surface area contributed by atoms with Gasteiger partial charge in [-0.25, -0.2) is 8.42 Å². The molecular formula is C17H17N5O4S. The molecule has 0 saturated heterocycles. The van der Waals surface area contributed by atoms with Crippen molar-refractivity contribution in [2.24, 2.45) is 0 Å². The molecule has 2 N–H and O–H groups in total. The summed E-state index contributed by atoms with van der Waals surface area (Å²) < 4.78 is 32.1.